The van der Waals surface area contributed by atoms with Crippen LogP contribution in [0.3, 0.4) is 0 Å². The SMILES string of the molecule is CCNC(=O)CNc1ncnc2sc(CC)cc12. The summed E-state index contributed by atoms with van der Waals surface area (Å²) in [5, 5.41) is 6.78. The smallest absolute Gasteiger partial charge is 0.239 e. The molecule has 96 valence electrons. The van der Waals surface area contributed by atoms with Crippen LogP contribution >= 0.6 is 11.3 Å². The van der Waals surface area contributed by atoms with Crippen LogP contribution in [0, 0.1) is 0 Å². The lowest BCUT2D eigenvalue weighted by molar-refractivity contribution is -0.119. The Labute approximate surface area is 110 Å². The van der Waals surface area contributed by atoms with Crippen molar-refractivity contribution in [2.75, 3.05) is 18.4 Å². The van der Waals surface area contributed by atoms with Gasteiger partial charge >= 0.3 is 0 Å². The summed E-state index contributed by atoms with van der Waals surface area (Å²) in [7, 11) is 0. The monoisotopic (exact) mass is 264 g/mol. The number of amides is 1. The molecule has 0 fully saturated rings. The van der Waals surface area contributed by atoms with E-state index in [1.165, 1.54) is 11.2 Å². The number of nitrogens with one attached hydrogen (secondary N) is 2. The van der Waals surface area contributed by atoms with Gasteiger partial charge in [-0.05, 0) is 19.4 Å². The molecule has 5 nitrogen and oxygen atoms in total. The molecule has 0 aliphatic heterocycles. The highest BCUT2D eigenvalue weighted by Gasteiger charge is 2.08. The molecule has 0 unspecified atom stereocenters. The Bertz CT molecular complexity index is 552. The van der Waals surface area contributed by atoms with E-state index < -0.39 is 0 Å². The first-order chi connectivity index (χ1) is 8.74. The molecule has 0 spiro atoms. The van der Waals surface area contributed by atoms with Crippen LogP contribution in [-0.4, -0.2) is 29.0 Å². The molecule has 0 bridgehead atoms. The van der Waals surface area contributed by atoms with Crippen LogP contribution in [0.2, 0.25) is 0 Å². The molecule has 1 amide bonds. The number of carbonyl (C=O) groups excluding carboxylic acids is 1. The minimum absolute atomic E-state index is 0.0322. The summed E-state index contributed by atoms with van der Waals surface area (Å²) in [4.78, 5) is 22.1. The summed E-state index contributed by atoms with van der Waals surface area (Å²) in [6.07, 6.45) is 2.51. The average Bonchev–Trinajstić information content (AvgIpc) is 2.80. The van der Waals surface area contributed by atoms with Crippen LogP contribution < -0.4 is 10.6 Å². The first kappa shape index (κ1) is 12.8. The van der Waals surface area contributed by atoms with E-state index in [9.17, 15) is 4.79 Å². The normalized spacial score (nSPS) is 10.6. The van der Waals surface area contributed by atoms with Crippen LogP contribution in [0.15, 0.2) is 12.4 Å². The summed E-state index contributed by atoms with van der Waals surface area (Å²) in [5.74, 6) is 0.692. The van der Waals surface area contributed by atoms with Crippen LogP contribution in [0.1, 0.15) is 18.7 Å². The topological polar surface area (TPSA) is 66.9 Å². The number of thiophene rings is 1. The molecule has 18 heavy (non-hydrogen) atoms. The van der Waals surface area contributed by atoms with Crippen molar-refractivity contribution >= 4 is 33.3 Å². The van der Waals surface area contributed by atoms with E-state index in [1.807, 2.05) is 6.92 Å². The van der Waals surface area contributed by atoms with Crippen molar-refractivity contribution in [2.45, 2.75) is 20.3 Å². The van der Waals surface area contributed by atoms with Gasteiger partial charge in [-0.2, -0.15) is 0 Å². The molecule has 0 aliphatic rings. The molecule has 0 saturated heterocycles. The van der Waals surface area contributed by atoms with Crippen molar-refractivity contribution in [1.82, 2.24) is 15.3 Å². The molecule has 0 aromatic carbocycles. The van der Waals surface area contributed by atoms with Crippen molar-refractivity contribution in [1.29, 1.82) is 0 Å². The highest BCUT2D eigenvalue weighted by molar-refractivity contribution is 7.18. The van der Waals surface area contributed by atoms with Gasteiger partial charge in [-0.1, -0.05) is 6.92 Å². The maximum atomic E-state index is 11.4. The zero-order valence-corrected chi connectivity index (χ0v) is 11.3. The zero-order valence-electron chi connectivity index (χ0n) is 10.5. The van der Waals surface area contributed by atoms with Gasteiger partial charge < -0.3 is 10.6 Å². The maximum Gasteiger partial charge on any atom is 0.239 e. The molecule has 2 heterocycles. The first-order valence-electron chi connectivity index (χ1n) is 5.98. The van der Waals surface area contributed by atoms with E-state index in [1.54, 1.807) is 11.3 Å². The predicted octanol–water partition coefficient (Wildman–Crippen LogP) is 1.80. The van der Waals surface area contributed by atoms with Gasteiger partial charge in [0.1, 0.15) is 17.0 Å². The Balaban J connectivity index is 2.17. The van der Waals surface area contributed by atoms with Crippen molar-refractivity contribution in [3.05, 3.63) is 17.3 Å². The maximum absolute atomic E-state index is 11.4. The Morgan fingerprint density at radius 2 is 2.22 bits per heavy atom. The summed E-state index contributed by atoms with van der Waals surface area (Å²) in [5.41, 5.74) is 0. The lowest BCUT2D eigenvalue weighted by Crippen LogP contribution is -2.29. The Kier molecular flexibility index (Phi) is 4.09. The summed E-state index contributed by atoms with van der Waals surface area (Å²) in [6, 6.07) is 2.08. The molecule has 0 atom stereocenters. The third-order valence-corrected chi connectivity index (χ3v) is 3.71. The van der Waals surface area contributed by atoms with E-state index >= 15 is 0 Å². The van der Waals surface area contributed by atoms with Gasteiger partial charge in [0.05, 0.1) is 11.9 Å². The van der Waals surface area contributed by atoms with Gasteiger partial charge in [0, 0.05) is 11.4 Å². The van der Waals surface area contributed by atoms with E-state index in [2.05, 4.69) is 33.6 Å². The van der Waals surface area contributed by atoms with Gasteiger partial charge in [-0.15, -0.1) is 11.3 Å². The van der Waals surface area contributed by atoms with Gasteiger partial charge in [0.2, 0.25) is 5.91 Å². The number of hydrogen-bond acceptors (Lipinski definition) is 5. The first-order valence-corrected chi connectivity index (χ1v) is 6.80. The van der Waals surface area contributed by atoms with Gasteiger partial charge in [0.15, 0.2) is 0 Å². The molecule has 2 N–H and O–H groups in total. The highest BCUT2D eigenvalue weighted by atomic mass is 32.1. The molecular weight excluding hydrogens is 248 g/mol. The van der Waals surface area contributed by atoms with E-state index in [-0.39, 0.29) is 12.5 Å². The second kappa shape index (κ2) is 5.77. The molecule has 0 saturated carbocycles. The van der Waals surface area contributed by atoms with Crippen molar-refractivity contribution in [2.24, 2.45) is 0 Å². The van der Waals surface area contributed by atoms with E-state index in [4.69, 9.17) is 0 Å². The molecule has 2 aromatic rings. The number of likely N-dealkylation sites (N-methyl/N-ethyl adjacent to an activating group) is 1. The quantitative estimate of drug-likeness (QED) is 0.864. The van der Waals surface area contributed by atoms with Crippen molar-refractivity contribution < 1.29 is 4.79 Å². The summed E-state index contributed by atoms with van der Waals surface area (Å²) in [6.45, 7) is 4.88. The number of rotatable bonds is 5. The number of nitrogens with zero attached hydrogens (tertiary/aromatic N) is 2. The number of fused-ring (bicyclic) bond motifs is 1. The van der Waals surface area contributed by atoms with Crippen LogP contribution in [-0.2, 0) is 11.2 Å². The number of aryl methyl sites for hydroxylation is 1. The fraction of sp³-hybridized carbons (Fsp3) is 0.417. The fourth-order valence-electron chi connectivity index (χ4n) is 1.64. The third-order valence-electron chi connectivity index (χ3n) is 2.52. The Hall–Kier alpha value is -1.69. The van der Waals surface area contributed by atoms with Gasteiger partial charge in [-0.25, -0.2) is 9.97 Å². The van der Waals surface area contributed by atoms with Crippen molar-refractivity contribution in [3.63, 3.8) is 0 Å². The number of carbonyl (C=O) groups is 1. The lowest BCUT2D eigenvalue weighted by atomic mass is 10.3. The summed E-state index contributed by atoms with van der Waals surface area (Å²) >= 11 is 1.66. The second-order valence-electron chi connectivity index (χ2n) is 3.81. The number of hydrogen-bond donors (Lipinski definition) is 2. The van der Waals surface area contributed by atoms with Crippen LogP contribution in [0.25, 0.3) is 10.2 Å². The molecule has 0 radical (unpaired) electrons. The zero-order chi connectivity index (χ0) is 13.0. The van der Waals surface area contributed by atoms with Crippen molar-refractivity contribution in [3.8, 4) is 0 Å². The molecule has 2 aromatic heterocycles. The van der Waals surface area contributed by atoms with Crippen LogP contribution in [0.5, 0.6) is 0 Å². The molecular formula is C12H16N4OS. The molecule has 6 heteroatoms. The number of anilines is 1. The minimum Gasteiger partial charge on any atom is -0.360 e. The standard InChI is InChI=1S/C12H16N4OS/c1-3-8-5-9-11(14-6-10(17)13-4-2)15-7-16-12(9)18-8/h5,7H,3-4,6H2,1-2H3,(H,13,17)(H,14,15,16). The van der Waals surface area contributed by atoms with E-state index in [0.717, 1.165) is 22.5 Å². The lowest BCUT2D eigenvalue weighted by Gasteiger charge is -2.05. The second-order valence-corrected chi connectivity index (χ2v) is 4.93. The third kappa shape index (κ3) is 2.76. The predicted molar refractivity (Wildman–Crippen MR) is 74.0 cm³/mol. The Morgan fingerprint density at radius 1 is 1.39 bits per heavy atom. The largest absolute Gasteiger partial charge is 0.360 e. The Morgan fingerprint density at radius 3 is 2.94 bits per heavy atom. The van der Waals surface area contributed by atoms with E-state index in [0.29, 0.717) is 6.54 Å². The highest BCUT2D eigenvalue weighted by Crippen LogP contribution is 2.28. The fourth-order valence-corrected chi connectivity index (χ4v) is 2.58. The van der Waals surface area contributed by atoms with Gasteiger partial charge in [0.25, 0.3) is 0 Å². The van der Waals surface area contributed by atoms with Gasteiger partial charge in [-0.3, -0.25) is 4.79 Å². The molecule has 2 rings (SSSR count). The van der Waals surface area contributed by atoms with Crippen LogP contribution in [0.4, 0.5) is 5.82 Å². The average molecular weight is 264 g/mol. The molecule has 0 aliphatic carbocycles. The summed E-state index contributed by atoms with van der Waals surface area (Å²) < 4.78 is 0. The minimum atomic E-state index is -0.0322. The number of aromatic nitrogens is 2.